The smallest absolute Gasteiger partial charge is 0.295 e. The Morgan fingerprint density at radius 1 is 1.12 bits per heavy atom. The summed E-state index contributed by atoms with van der Waals surface area (Å²) >= 11 is 0. The van der Waals surface area contributed by atoms with Crippen LogP contribution in [0.25, 0.3) is 5.76 Å². The first-order valence-corrected chi connectivity index (χ1v) is 11.4. The number of aliphatic hydroxyl groups excluding tert-OH is 1. The standard InChI is InChI=1S/C27H34N2O4/c1-7-18-8-10-19(11-9-18)24-23(26(31)27(32)29(24)15-14-28(4)5)25(30)20-12-13-22(33-6)21(16-20)17(2)3/h8-13,16-17,24,30H,7,14-15H2,1-6H3/b25-23-. The Morgan fingerprint density at radius 2 is 1.79 bits per heavy atom. The molecular formula is C27H34N2O4. The summed E-state index contributed by atoms with van der Waals surface area (Å²) in [6.07, 6.45) is 0.894. The number of carbonyl (C=O) groups excluding carboxylic acids is 2. The van der Waals surface area contributed by atoms with E-state index in [9.17, 15) is 14.7 Å². The van der Waals surface area contributed by atoms with E-state index in [1.807, 2.05) is 63.2 Å². The highest BCUT2D eigenvalue weighted by Crippen LogP contribution is 2.40. The van der Waals surface area contributed by atoms with Crippen molar-refractivity contribution in [1.82, 2.24) is 9.80 Å². The number of likely N-dealkylation sites (N-methyl/N-ethyl adjacent to an activating group) is 1. The average molecular weight is 451 g/mol. The zero-order valence-electron chi connectivity index (χ0n) is 20.4. The van der Waals surface area contributed by atoms with Crippen molar-refractivity contribution in [3.63, 3.8) is 0 Å². The summed E-state index contributed by atoms with van der Waals surface area (Å²) in [4.78, 5) is 29.8. The van der Waals surface area contributed by atoms with E-state index in [0.29, 0.717) is 18.7 Å². The fourth-order valence-electron chi connectivity index (χ4n) is 4.19. The summed E-state index contributed by atoms with van der Waals surface area (Å²) in [5.41, 5.74) is 3.53. The maximum Gasteiger partial charge on any atom is 0.295 e. The highest BCUT2D eigenvalue weighted by molar-refractivity contribution is 6.46. The number of ether oxygens (including phenoxy) is 1. The van der Waals surface area contributed by atoms with Gasteiger partial charge in [0, 0.05) is 18.7 Å². The van der Waals surface area contributed by atoms with Gasteiger partial charge in [-0.3, -0.25) is 9.59 Å². The Bertz CT molecular complexity index is 1050. The first-order chi connectivity index (χ1) is 15.7. The number of likely N-dealkylation sites (tertiary alicyclic amines) is 1. The van der Waals surface area contributed by atoms with Crippen molar-refractivity contribution < 1.29 is 19.4 Å². The van der Waals surface area contributed by atoms with Crippen LogP contribution in [0.3, 0.4) is 0 Å². The van der Waals surface area contributed by atoms with Gasteiger partial charge in [0.2, 0.25) is 0 Å². The van der Waals surface area contributed by atoms with Gasteiger partial charge in [-0.15, -0.1) is 0 Å². The molecule has 3 rings (SSSR count). The minimum absolute atomic E-state index is 0.128. The minimum Gasteiger partial charge on any atom is -0.507 e. The summed E-state index contributed by atoms with van der Waals surface area (Å²) in [5, 5.41) is 11.3. The van der Waals surface area contributed by atoms with E-state index in [1.54, 1.807) is 24.1 Å². The summed E-state index contributed by atoms with van der Waals surface area (Å²) in [5.74, 6) is -0.514. The number of ketones is 1. The van der Waals surface area contributed by atoms with Crippen LogP contribution in [0.15, 0.2) is 48.0 Å². The van der Waals surface area contributed by atoms with Crippen LogP contribution in [0.5, 0.6) is 5.75 Å². The molecule has 1 saturated heterocycles. The molecule has 1 amide bonds. The molecule has 176 valence electrons. The number of aliphatic hydroxyl groups is 1. The summed E-state index contributed by atoms with van der Waals surface area (Å²) in [6, 6.07) is 12.6. The first-order valence-electron chi connectivity index (χ1n) is 11.4. The number of rotatable bonds is 8. The van der Waals surface area contributed by atoms with E-state index < -0.39 is 17.7 Å². The number of nitrogens with zero attached hydrogens (tertiary/aromatic N) is 2. The quantitative estimate of drug-likeness (QED) is 0.368. The molecule has 0 bridgehead atoms. The van der Waals surface area contributed by atoms with E-state index in [2.05, 4.69) is 6.92 Å². The lowest BCUT2D eigenvalue weighted by Gasteiger charge is -2.26. The van der Waals surface area contributed by atoms with E-state index in [0.717, 1.165) is 23.3 Å². The molecule has 1 heterocycles. The van der Waals surface area contributed by atoms with Crippen molar-refractivity contribution in [2.75, 3.05) is 34.3 Å². The van der Waals surface area contributed by atoms with Crippen molar-refractivity contribution in [3.8, 4) is 5.75 Å². The molecule has 33 heavy (non-hydrogen) atoms. The zero-order valence-corrected chi connectivity index (χ0v) is 20.4. The molecule has 0 saturated carbocycles. The Labute approximate surface area is 196 Å². The Balaban J connectivity index is 2.17. The number of methoxy groups -OCH3 is 1. The molecule has 0 radical (unpaired) electrons. The lowest BCUT2D eigenvalue weighted by atomic mass is 9.92. The molecular weight excluding hydrogens is 416 g/mol. The van der Waals surface area contributed by atoms with Crippen molar-refractivity contribution in [2.45, 2.75) is 39.2 Å². The SMILES string of the molecule is CCc1ccc(C2/C(=C(/O)c3ccc(OC)c(C(C)C)c3)C(=O)C(=O)N2CCN(C)C)cc1. The number of aryl methyl sites for hydroxylation is 1. The van der Waals surface area contributed by atoms with E-state index >= 15 is 0 Å². The van der Waals surface area contributed by atoms with Crippen LogP contribution in [0, 0.1) is 0 Å². The van der Waals surface area contributed by atoms with Crippen LogP contribution in [-0.2, 0) is 16.0 Å². The predicted octanol–water partition coefficient (Wildman–Crippen LogP) is 4.36. The van der Waals surface area contributed by atoms with Gasteiger partial charge in [0.15, 0.2) is 0 Å². The van der Waals surface area contributed by atoms with Crippen LogP contribution < -0.4 is 4.74 Å². The normalized spacial score (nSPS) is 17.9. The van der Waals surface area contributed by atoms with Gasteiger partial charge in [-0.05, 0) is 61.3 Å². The van der Waals surface area contributed by atoms with Gasteiger partial charge >= 0.3 is 0 Å². The molecule has 6 heteroatoms. The number of hydrogen-bond acceptors (Lipinski definition) is 5. The van der Waals surface area contributed by atoms with Crippen LogP contribution in [0.4, 0.5) is 0 Å². The lowest BCUT2D eigenvalue weighted by molar-refractivity contribution is -0.140. The van der Waals surface area contributed by atoms with Crippen molar-refractivity contribution >= 4 is 17.4 Å². The molecule has 1 aliphatic rings. The molecule has 0 spiro atoms. The number of benzene rings is 2. The van der Waals surface area contributed by atoms with E-state index in [1.165, 1.54) is 5.56 Å². The van der Waals surface area contributed by atoms with Gasteiger partial charge in [0.05, 0.1) is 18.7 Å². The third-order valence-electron chi connectivity index (χ3n) is 6.16. The van der Waals surface area contributed by atoms with Crippen LogP contribution in [-0.4, -0.2) is 60.9 Å². The molecule has 1 N–H and O–H groups in total. The fourth-order valence-corrected chi connectivity index (χ4v) is 4.19. The maximum atomic E-state index is 13.2. The molecule has 1 fully saturated rings. The molecule has 1 unspecified atom stereocenters. The van der Waals surface area contributed by atoms with Gasteiger partial charge < -0.3 is 19.6 Å². The van der Waals surface area contributed by atoms with Crippen LogP contribution in [0.2, 0.25) is 0 Å². The molecule has 0 aromatic heterocycles. The third kappa shape index (κ3) is 4.96. The second kappa shape index (κ2) is 10.2. The van der Waals surface area contributed by atoms with E-state index in [4.69, 9.17) is 4.74 Å². The van der Waals surface area contributed by atoms with Gasteiger partial charge in [0.25, 0.3) is 11.7 Å². The fraction of sp³-hybridized carbons (Fsp3) is 0.407. The van der Waals surface area contributed by atoms with Crippen molar-refractivity contribution in [1.29, 1.82) is 0 Å². The highest BCUT2D eigenvalue weighted by Gasteiger charge is 2.45. The van der Waals surface area contributed by atoms with E-state index in [-0.39, 0.29) is 17.3 Å². The maximum absolute atomic E-state index is 13.2. The highest BCUT2D eigenvalue weighted by atomic mass is 16.5. The Kier molecular flexibility index (Phi) is 7.59. The Hall–Kier alpha value is -3.12. The van der Waals surface area contributed by atoms with Crippen LogP contribution in [0.1, 0.15) is 55.0 Å². The molecule has 1 aliphatic heterocycles. The topological polar surface area (TPSA) is 70.1 Å². The summed E-state index contributed by atoms with van der Waals surface area (Å²) < 4.78 is 5.46. The van der Waals surface area contributed by atoms with Crippen LogP contribution >= 0.6 is 0 Å². The molecule has 2 aromatic rings. The van der Waals surface area contributed by atoms with Gasteiger partial charge in [-0.2, -0.15) is 0 Å². The largest absolute Gasteiger partial charge is 0.507 e. The number of amides is 1. The second-order valence-corrected chi connectivity index (χ2v) is 9.00. The van der Waals surface area contributed by atoms with Crippen molar-refractivity contribution in [3.05, 3.63) is 70.3 Å². The molecule has 6 nitrogen and oxygen atoms in total. The first kappa shape index (κ1) is 24.5. The summed E-state index contributed by atoms with van der Waals surface area (Å²) in [6.45, 7) is 7.15. The number of Topliss-reactive ketones (excluding diaryl/α,β-unsaturated/α-hetero) is 1. The van der Waals surface area contributed by atoms with Gasteiger partial charge in [-0.25, -0.2) is 0 Å². The number of carbonyl (C=O) groups is 2. The summed E-state index contributed by atoms with van der Waals surface area (Å²) in [7, 11) is 5.45. The lowest BCUT2D eigenvalue weighted by Crippen LogP contribution is -2.35. The monoisotopic (exact) mass is 450 g/mol. The van der Waals surface area contributed by atoms with Gasteiger partial charge in [-0.1, -0.05) is 45.0 Å². The molecule has 2 aromatic carbocycles. The average Bonchev–Trinajstić information content (AvgIpc) is 3.06. The molecule has 1 atom stereocenters. The minimum atomic E-state index is -0.655. The number of hydrogen-bond donors (Lipinski definition) is 1. The molecule has 0 aliphatic carbocycles. The predicted molar refractivity (Wildman–Crippen MR) is 130 cm³/mol. The second-order valence-electron chi connectivity index (χ2n) is 9.00. The zero-order chi connectivity index (χ0) is 24.3. The van der Waals surface area contributed by atoms with Gasteiger partial charge in [0.1, 0.15) is 11.5 Å². The van der Waals surface area contributed by atoms with Crippen molar-refractivity contribution in [2.24, 2.45) is 0 Å². The Morgan fingerprint density at radius 3 is 2.33 bits per heavy atom. The third-order valence-corrected chi connectivity index (χ3v) is 6.16.